The second kappa shape index (κ2) is 4.97. The number of carbonyl (C=O) groups is 1. The Bertz CT molecular complexity index is 479. The minimum Gasteiger partial charge on any atom is -0.368 e. The lowest BCUT2D eigenvalue weighted by Gasteiger charge is -2.38. The van der Waals surface area contributed by atoms with E-state index in [1.54, 1.807) is 0 Å². The van der Waals surface area contributed by atoms with Gasteiger partial charge >= 0.3 is 0 Å². The molecule has 0 radical (unpaired) electrons. The number of carbonyl (C=O) groups excluding carboxylic acids is 1. The number of amides is 1. The molecular formula is C16H22N2O. The van der Waals surface area contributed by atoms with Crippen molar-refractivity contribution in [3.8, 4) is 0 Å². The van der Waals surface area contributed by atoms with E-state index in [0.717, 1.165) is 19.3 Å². The Morgan fingerprint density at radius 2 is 1.89 bits per heavy atom. The lowest BCUT2D eigenvalue weighted by atomic mass is 9.77. The zero-order chi connectivity index (χ0) is 13.3. The molecule has 3 rings (SSSR count). The van der Waals surface area contributed by atoms with Crippen LogP contribution in [-0.2, 0) is 17.6 Å². The number of hydrogen-bond donors (Lipinski definition) is 2. The van der Waals surface area contributed by atoms with E-state index in [0.29, 0.717) is 6.04 Å². The maximum absolute atomic E-state index is 12.0. The second-order valence-electron chi connectivity index (χ2n) is 6.02. The molecule has 19 heavy (non-hydrogen) atoms. The van der Waals surface area contributed by atoms with Crippen LogP contribution in [0, 0.1) is 0 Å². The van der Waals surface area contributed by atoms with E-state index in [1.165, 1.54) is 36.8 Å². The van der Waals surface area contributed by atoms with Gasteiger partial charge in [-0.3, -0.25) is 4.79 Å². The molecule has 2 aliphatic carbocycles. The number of nitrogens with one attached hydrogen (secondary N) is 1. The zero-order valence-corrected chi connectivity index (χ0v) is 11.3. The van der Waals surface area contributed by atoms with Crippen LogP contribution in [0.5, 0.6) is 0 Å². The first-order valence-corrected chi connectivity index (χ1v) is 7.34. The number of fused-ring (bicyclic) bond motifs is 1. The molecule has 2 aliphatic rings. The van der Waals surface area contributed by atoms with Gasteiger partial charge in [0.1, 0.15) is 5.54 Å². The first kappa shape index (κ1) is 12.7. The van der Waals surface area contributed by atoms with Crippen LogP contribution in [0.2, 0.25) is 0 Å². The van der Waals surface area contributed by atoms with Gasteiger partial charge < -0.3 is 11.1 Å². The Morgan fingerprint density at radius 3 is 2.58 bits per heavy atom. The van der Waals surface area contributed by atoms with Gasteiger partial charge in [-0.25, -0.2) is 0 Å². The Kier molecular flexibility index (Phi) is 3.31. The van der Waals surface area contributed by atoms with Crippen molar-refractivity contribution in [2.24, 2.45) is 5.73 Å². The van der Waals surface area contributed by atoms with Crippen LogP contribution in [0.3, 0.4) is 0 Å². The summed E-state index contributed by atoms with van der Waals surface area (Å²) in [6.45, 7) is 0. The minimum atomic E-state index is -0.524. The third-order valence-corrected chi connectivity index (χ3v) is 4.74. The highest BCUT2D eigenvalue weighted by molar-refractivity contribution is 5.85. The summed E-state index contributed by atoms with van der Waals surface area (Å²) in [7, 11) is 0. The predicted molar refractivity (Wildman–Crippen MR) is 75.8 cm³/mol. The minimum absolute atomic E-state index is 0.186. The van der Waals surface area contributed by atoms with Crippen molar-refractivity contribution in [3.05, 3.63) is 35.4 Å². The van der Waals surface area contributed by atoms with Gasteiger partial charge in [-0.1, -0.05) is 37.1 Å². The standard InChI is InChI=1S/C16H22N2O/c17-15(19)16(18-14-7-3-4-8-14)10-9-12-5-1-2-6-13(12)11-16/h1-2,5-6,14,18H,3-4,7-11H2,(H2,17,19). The average molecular weight is 258 g/mol. The molecule has 3 nitrogen and oxygen atoms in total. The summed E-state index contributed by atoms with van der Waals surface area (Å²) in [5, 5.41) is 3.60. The number of aryl methyl sites for hydroxylation is 1. The fourth-order valence-electron chi connectivity index (χ4n) is 3.60. The van der Waals surface area contributed by atoms with Crippen molar-refractivity contribution < 1.29 is 4.79 Å². The van der Waals surface area contributed by atoms with E-state index in [9.17, 15) is 4.79 Å². The van der Waals surface area contributed by atoms with Crippen LogP contribution in [0.4, 0.5) is 0 Å². The molecule has 1 aromatic rings. The van der Waals surface area contributed by atoms with Gasteiger partial charge in [0.25, 0.3) is 0 Å². The molecule has 1 fully saturated rings. The molecule has 0 bridgehead atoms. The fraction of sp³-hybridized carbons (Fsp3) is 0.562. The van der Waals surface area contributed by atoms with Crippen molar-refractivity contribution in [2.45, 2.75) is 56.5 Å². The van der Waals surface area contributed by atoms with E-state index in [-0.39, 0.29) is 5.91 Å². The summed E-state index contributed by atoms with van der Waals surface area (Å²) in [4.78, 5) is 12.0. The Balaban J connectivity index is 1.84. The molecule has 1 saturated carbocycles. The van der Waals surface area contributed by atoms with Crippen LogP contribution >= 0.6 is 0 Å². The van der Waals surface area contributed by atoms with Crippen molar-refractivity contribution in [1.29, 1.82) is 0 Å². The van der Waals surface area contributed by atoms with Crippen LogP contribution < -0.4 is 11.1 Å². The monoisotopic (exact) mass is 258 g/mol. The summed E-state index contributed by atoms with van der Waals surface area (Å²) < 4.78 is 0. The van der Waals surface area contributed by atoms with Gasteiger partial charge in [0, 0.05) is 6.04 Å². The molecular weight excluding hydrogens is 236 g/mol. The number of rotatable bonds is 3. The Morgan fingerprint density at radius 1 is 1.21 bits per heavy atom. The van der Waals surface area contributed by atoms with Gasteiger partial charge in [-0.05, 0) is 43.2 Å². The lowest BCUT2D eigenvalue weighted by molar-refractivity contribution is -0.125. The Labute approximate surface area is 114 Å². The van der Waals surface area contributed by atoms with Crippen LogP contribution in [0.25, 0.3) is 0 Å². The third-order valence-electron chi connectivity index (χ3n) is 4.74. The fourth-order valence-corrected chi connectivity index (χ4v) is 3.60. The molecule has 102 valence electrons. The predicted octanol–water partition coefficient (Wildman–Crippen LogP) is 1.93. The molecule has 0 heterocycles. The molecule has 3 N–H and O–H groups in total. The van der Waals surface area contributed by atoms with Crippen LogP contribution in [0.15, 0.2) is 24.3 Å². The summed E-state index contributed by atoms with van der Waals surface area (Å²) in [6.07, 6.45) is 7.41. The van der Waals surface area contributed by atoms with E-state index in [4.69, 9.17) is 5.73 Å². The van der Waals surface area contributed by atoms with Gasteiger partial charge in [0.15, 0.2) is 0 Å². The highest BCUT2D eigenvalue weighted by Crippen LogP contribution is 2.31. The first-order chi connectivity index (χ1) is 9.20. The molecule has 1 unspecified atom stereocenters. The summed E-state index contributed by atoms with van der Waals surface area (Å²) in [6, 6.07) is 8.88. The molecule has 0 saturated heterocycles. The van der Waals surface area contributed by atoms with Crippen molar-refractivity contribution in [3.63, 3.8) is 0 Å². The van der Waals surface area contributed by atoms with Gasteiger partial charge in [-0.15, -0.1) is 0 Å². The molecule has 1 aromatic carbocycles. The normalized spacial score (nSPS) is 27.2. The zero-order valence-electron chi connectivity index (χ0n) is 11.3. The van der Waals surface area contributed by atoms with E-state index in [1.807, 2.05) is 6.07 Å². The molecule has 0 spiro atoms. The summed E-state index contributed by atoms with van der Waals surface area (Å²) >= 11 is 0. The molecule has 0 aliphatic heterocycles. The highest BCUT2D eigenvalue weighted by Gasteiger charge is 2.41. The van der Waals surface area contributed by atoms with Crippen molar-refractivity contribution >= 4 is 5.91 Å². The van der Waals surface area contributed by atoms with E-state index >= 15 is 0 Å². The summed E-state index contributed by atoms with van der Waals surface area (Å²) in [5.41, 5.74) is 7.86. The number of hydrogen-bond acceptors (Lipinski definition) is 2. The second-order valence-corrected chi connectivity index (χ2v) is 6.02. The maximum atomic E-state index is 12.0. The quantitative estimate of drug-likeness (QED) is 0.870. The topological polar surface area (TPSA) is 55.1 Å². The number of primary amides is 1. The van der Waals surface area contributed by atoms with Crippen LogP contribution in [-0.4, -0.2) is 17.5 Å². The number of nitrogens with two attached hydrogens (primary N) is 1. The average Bonchev–Trinajstić information content (AvgIpc) is 2.91. The summed E-state index contributed by atoms with van der Waals surface area (Å²) in [5.74, 6) is -0.186. The molecule has 3 heteroatoms. The maximum Gasteiger partial charge on any atom is 0.238 e. The molecule has 0 aromatic heterocycles. The first-order valence-electron chi connectivity index (χ1n) is 7.34. The largest absolute Gasteiger partial charge is 0.368 e. The van der Waals surface area contributed by atoms with E-state index < -0.39 is 5.54 Å². The van der Waals surface area contributed by atoms with Crippen molar-refractivity contribution in [2.75, 3.05) is 0 Å². The third kappa shape index (κ3) is 2.39. The molecule has 1 amide bonds. The van der Waals surface area contributed by atoms with E-state index in [2.05, 4.69) is 23.5 Å². The number of benzene rings is 1. The lowest BCUT2D eigenvalue weighted by Crippen LogP contribution is -2.61. The highest BCUT2D eigenvalue weighted by atomic mass is 16.1. The SMILES string of the molecule is NC(=O)C1(NC2CCCC2)CCc2ccccc2C1. The van der Waals surface area contributed by atoms with Gasteiger partial charge in [0.05, 0.1) is 0 Å². The molecule has 1 atom stereocenters. The van der Waals surface area contributed by atoms with Gasteiger partial charge in [0.2, 0.25) is 5.91 Å². The van der Waals surface area contributed by atoms with Crippen LogP contribution in [0.1, 0.15) is 43.2 Å². The van der Waals surface area contributed by atoms with Crippen molar-refractivity contribution in [1.82, 2.24) is 5.32 Å². The smallest absolute Gasteiger partial charge is 0.238 e. The van der Waals surface area contributed by atoms with Gasteiger partial charge in [-0.2, -0.15) is 0 Å². The Hall–Kier alpha value is -1.35.